The lowest BCUT2D eigenvalue weighted by molar-refractivity contribution is -0.172. The van der Waals surface area contributed by atoms with Crippen molar-refractivity contribution in [1.82, 2.24) is 0 Å². The summed E-state index contributed by atoms with van der Waals surface area (Å²) in [6.07, 6.45) is 9.77. The summed E-state index contributed by atoms with van der Waals surface area (Å²) in [4.78, 5) is 11.0. The Morgan fingerprint density at radius 3 is 2.85 bits per heavy atom. The Morgan fingerprint density at radius 2 is 2.20 bits per heavy atom. The van der Waals surface area contributed by atoms with Gasteiger partial charge in [-0.05, 0) is 32.1 Å². The van der Waals surface area contributed by atoms with Crippen molar-refractivity contribution in [3.63, 3.8) is 0 Å². The van der Waals surface area contributed by atoms with Gasteiger partial charge in [0.05, 0.1) is 13.7 Å². The summed E-state index contributed by atoms with van der Waals surface area (Å²) >= 11 is 0. The number of allylic oxidation sites excluding steroid dienone is 1. The van der Waals surface area contributed by atoms with Crippen molar-refractivity contribution in [2.45, 2.75) is 58.7 Å². The maximum atomic E-state index is 11.0. The van der Waals surface area contributed by atoms with E-state index in [9.17, 15) is 4.79 Å². The van der Waals surface area contributed by atoms with Crippen LogP contribution in [0.5, 0.6) is 0 Å². The first kappa shape index (κ1) is 17.2. The molecule has 1 fully saturated rings. The van der Waals surface area contributed by atoms with Crippen LogP contribution >= 0.6 is 0 Å². The molecular weight excluding hydrogens is 256 g/mol. The van der Waals surface area contributed by atoms with Crippen molar-refractivity contribution in [2.75, 3.05) is 20.3 Å². The second-order valence-electron chi connectivity index (χ2n) is 5.97. The highest BCUT2D eigenvalue weighted by Gasteiger charge is 2.19. The SMILES string of the molecule is COC(=O)CCC/C=C\C(C)(C)COC1CCCCO1. The molecule has 0 bridgehead atoms. The molecule has 1 heterocycles. The van der Waals surface area contributed by atoms with Crippen LogP contribution in [0.4, 0.5) is 0 Å². The summed E-state index contributed by atoms with van der Waals surface area (Å²) in [5.74, 6) is -0.143. The highest BCUT2D eigenvalue weighted by atomic mass is 16.7. The molecule has 116 valence electrons. The zero-order valence-electron chi connectivity index (χ0n) is 13.0. The van der Waals surface area contributed by atoms with Crippen molar-refractivity contribution in [3.05, 3.63) is 12.2 Å². The van der Waals surface area contributed by atoms with Gasteiger partial charge in [-0.25, -0.2) is 0 Å². The summed E-state index contributed by atoms with van der Waals surface area (Å²) in [6.45, 7) is 5.76. The molecule has 1 unspecified atom stereocenters. The summed E-state index contributed by atoms with van der Waals surface area (Å²) < 4.78 is 16.0. The largest absolute Gasteiger partial charge is 0.469 e. The van der Waals surface area contributed by atoms with Crippen LogP contribution in [0.15, 0.2) is 12.2 Å². The van der Waals surface area contributed by atoms with Crippen LogP contribution in [0.3, 0.4) is 0 Å². The van der Waals surface area contributed by atoms with Gasteiger partial charge in [0, 0.05) is 18.4 Å². The molecule has 0 amide bonds. The fourth-order valence-electron chi connectivity index (χ4n) is 2.07. The third-order valence-electron chi connectivity index (χ3n) is 3.33. The molecule has 4 nitrogen and oxygen atoms in total. The van der Waals surface area contributed by atoms with Crippen molar-refractivity contribution in [1.29, 1.82) is 0 Å². The zero-order chi connectivity index (χ0) is 14.8. The number of esters is 1. The van der Waals surface area contributed by atoms with Gasteiger partial charge in [-0.1, -0.05) is 26.0 Å². The monoisotopic (exact) mass is 284 g/mol. The molecule has 1 atom stereocenters. The van der Waals surface area contributed by atoms with Crippen LogP contribution in [0, 0.1) is 5.41 Å². The minimum Gasteiger partial charge on any atom is -0.469 e. The number of carbonyl (C=O) groups is 1. The molecular formula is C16H28O4. The molecule has 0 aromatic rings. The molecule has 20 heavy (non-hydrogen) atoms. The Labute approximate surface area is 122 Å². The Bertz CT molecular complexity index is 304. The van der Waals surface area contributed by atoms with Crippen molar-refractivity contribution >= 4 is 5.97 Å². The number of hydrogen-bond acceptors (Lipinski definition) is 4. The third kappa shape index (κ3) is 7.65. The van der Waals surface area contributed by atoms with Gasteiger partial charge in [0.25, 0.3) is 0 Å². The van der Waals surface area contributed by atoms with Crippen LogP contribution in [0.25, 0.3) is 0 Å². The van der Waals surface area contributed by atoms with Crippen LogP contribution in [0.2, 0.25) is 0 Å². The van der Waals surface area contributed by atoms with E-state index in [0.717, 1.165) is 32.3 Å². The Balaban J connectivity index is 2.17. The molecule has 0 spiro atoms. The molecule has 1 aliphatic rings. The predicted octanol–water partition coefficient (Wildman–Crippen LogP) is 3.46. The normalized spacial score (nSPS) is 20.2. The van der Waals surface area contributed by atoms with E-state index < -0.39 is 0 Å². The second-order valence-corrected chi connectivity index (χ2v) is 5.97. The van der Waals surface area contributed by atoms with Gasteiger partial charge < -0.3 is 14.2 Å². The van der Waals surface area contributed by atoms with E-state index in [0.29, 0.717) is 13.0 Å². The van der Waals surface area contributed by atoms with Gasteiger partial charge in [0.2, 0.25) is 0 Å². The lowest BCUT2D eigenvalue weighted by Gasteiger charge is -2.27. The third-order valence-corrected chi connectivity index (χ3v) is 3.33. The van der Waals surface area contributed by atoms with E-state index in [1.54, 1.807) is 0 Å². The fraction of sp³-hybridized carbons (Fsp3) is 0.812. The molecule has 0 N–H and O–H groups in total. The van der Waals surface area contributed by atoms with Gasteiger partial charge in [-0.15, -0.1) is 0 Å². The van der Waals surface area contributed by atoms with E-state index in [1.807, 2.05) is 0 Å². The van der Waals surface area contributed by atoms with E-state index in [2.05, 4.69) is 30.7 Å². The first-order valence-electron chi connectivity index (χ1n) is 7.51. The lowest BCUT2D eigenvalue weighted by atomic mass is 9.93. The topological polar surface area (TPSA) is 44.8 Å². The smallest absolute Gasteiger partial charge is 0.305 e. The first-order valence-corrected chi connectivity index (χ1v) is 7.51. The first-order chi connectivity index (χ1) is 9.53. The highest BCUT2D eigenvalue weighted by molar-refractivity contribution is 5.68. The Kier molecular flexibility index (Phi) is 7.85. The maximum Gasteiger partial charge on any atom is 0.305 e. The number of ether oxygens (including phenoxy) is 3. The number of unbranched alkanes of at least 4 members (excludes halogenated alkanes) is 1. The minimum absolute atomic E-state index is 0.00786. The lowest BCUT2D eigenvalue weighted by Crippen LogP contribution is -2.27. The van der Waals surface area contributed by atoms with Gasteiger partial charge in [0.1, 0.15) is 0 Å². The predicted molar refractivity (Wildman–Crippen MR) is 78.3 cm³/mol. The molecule has 1 aliphatic heterocycles. The maximum absolute atomic E-state index is 11.0. The van der Waals surface area contributed by atoms with E-state index in [1.165, 1.54) is 13.5 Å². The van der Waals surface area contributed by atoms with Crippen molar-refractivity contribution in [3.8, 4) is 0 Å². The van der Waals surface area contributed by atoms with E-state index >= 15 is 0 Å². The number of hydrogen-bond donors (Lipinski definition) is 0. The average molecular weight is 284 g/mol. The highest BCUT2D eigenvalue weighted by Crippen LogP contribution is 2.22. The van der Waals surface area contributed by atoms with Gasteiger partial charge in [0.15, 0.2) is 6.29 Å². The van der Waals surface area contributed by atoms with Gasteiger partial charge >= 0.3 is 5.97 Å². The number of rotatable bonds is 8. The average Bonchev–Trinajstić information content (AvgIpc) is 2.45. The quantitative estimate of drug-likeness (QED) is 0.389. The van der Waals surface area contributed by atoms with Crippen LogP contribution in [-0.4, -0.2) is 32.6 Å². The number of carbonyl (C=O) groups excluding carboxylic acids is 1. The Morgan fingerprint density at radius 1 is 1.40 bits per heavy atom. The second kappa shape index (κ2) is 9.14. The Hall–Kier alpha value is -0.870. The number of methoxy groups -OCH3 is 1. The summed E-state index contributed by atoms with van der Waals surface area (Å²) in [7, 11) is 1.42. The van der Waals surface area contributed by atoms with Gasteiger partial charge in [-0.2, -0.15) is 0 Å². The molecule has 0 radical (unpaired) electrons. The van der Waals surface area contributed by atoms with Crippen molar-refractivity contribution < 1.29 is 19.0 Å². The van der Waals surface area contributed by atoms with Crippen LogP contribution < -0.4 is 0 Å². The van der Waals surface area contributed by atoms with Crippen LogP contribution in [0.1, 0.15) is 52.4 Å². The molecule has 0 aromatic carbocycles. The fourth-order valence-corrected chi connectivity index (χ4v) is 2.07. The van der Waals surface area contributed by atoms with Gasteiger partial charge in [-0.3, -0.25) is 4.79 Å². The molecule has 0 saturated carbocycles. The standard InChI is InChI=1S/C16H28O4/c1-16(2,11-7-4-5-9-14(17)18-3)13-20-15-10-6-8-12-19-15/h7,11,15H,4-6,8-10,12-13H2,1-3H3/b11-7-. The molecule has 1 rings (SSSR count). The summed E-state index contributed by atoms with van der Waals surface area (Å²) in [6, 6.07) is 0. The van der Waals surface area contributed by atoms with Crippen molar-refractivity contribution in [2.24, 2.45) is 5.41 Å². The molecule has 1 saturated heterocycles. The van der Waals surface area contributed by atoms with E-state index in [4.69, 9.17) is 9.47 Å². The zero-order valence-corrected chi connectivity index (χ0v) is 13.0. The van der Waals surface area contributed by atoms with E-state index in [-0.39, 0.29) is 17.7 Å². The molecule has 0 aromatic heterocycles. The summed E-state index contributed by atoms with van der Waals surface area (Å²) in [5, 5.41) is 0. The van der Waals surface area contributed by atoms with Crippen LogP contribution in [-0.2, 0) is 19.0 Å². The molecule has 4 heteroatoms. The summed E-state index contributed by atoms with van der Waals surface area (Å²) in [5.41, 5.74) is -0.00786. The molecule has 0 aliphatic carbocycles. The minimum atomic E-state index is -0.143.